The molecule has 0 N–H and O–H groups in total. The maximum absolute atomic E-state index is 14.9. The highest BCUT2D eigenvalue weighted by Crippen LogP contribution is 2.54. The lowest BCUT2D eigenvalue weighted by Crippen LogP contribution is -2.53. The zero-order valence-electron chi connectivity index (χ0n) is 22.3. The molecule has 204 valence electrons. The number of rotatable bonds is 4. The molecule has 0 fully saturated rings. The molecular weight excluding hydrogens is 543 g/mol. The Balaban J connectivity index is 1.56. The summed E-state index contributed by atoms with van der Waals surface area (Å²) in [6.45, 7) is 6.07. The van der Waals surface area contributed by atoms with Gasteiger partial charge < -0.3 is 9.32 Å². The number of hydrogen-bond donors (Lipinski definition) is 0. The predicted molar refractivity (Wildman–Crippen MR) is 153 cm³/mol. The van der Waals surface area contributed by atoms with Gasteiger partial charge in [-0.05, 0) is 42.3 Å². The van der Waals surface area contributed by atoms with Crippen molar-refractivity contribution in [2.45, 2.75) is 38.8 Å². The fourth-order valence-corrected chi connectivity index (χ4v) is 6.70. The number of carbonyl (C=O) groups excluding carboxylic acids is 2. The van der Waals surface area contributed by atoms with Crippen LogP contribution in [0.1, 0.15) is 57.6 Å². The van der Waals surface area contributed by atoms with E-state index in [2.05, 4.69) is 10.2 Å². The Labute approximate surface area is 237 Å². The fourth-order valence-electron chi connectivity index (χ4n) is 5.80. The molecule has 0 bridgehead atoms. The van der Waals surface area contributed by atoms with Gasteiger partial charge in [-0.1, -0.05) is 67.6 Å². The minimum absolute atomic E-state index is 0.0201. The maximum atomic E-state index is 14.9. The van der Waals surface area contributed by atoms with Crippen molar-refractivity contribution in [3.63, 3.8) is 0 Å². The predicted octanol–water partition coefficient (Wildman–Crippen LogP) is 5.67. The average Bonchev–Trinajstić information content (AvgIpc) is 3.61. The number of carbonyl (C=O) groups is 2. The maximum Gasteiger partial charge on any atom is 0.297 e. The third-order valence-electron chi connectivity index (χ3n) is 7.79. The number of anilines is 2. The van der Waals surface area contributed by atoms with Crippen molar-refractivity contribution in [1.29, 1.82) is 0 Å². The number of halogens is 1. The lowest BCUT2D eigenvalue weighted by atomic mass is 9.84. The Bertz CT molecular complexity index is 1980. The van der Waals surface area contributed by atoms with Gasteiger partial charge in [0.2, 0.25) is 10.9 Å². The molecule has 0 aliphatic carbocycles. The monoisotopic (exact) mass is 566 g/mol. The number of benzene rings is 3. The van der Waals surface area contributed by atoms with Gasteiger partial charge in [0.05, 0.1) is 23.2 Å². The summed E-state index contributed by atoms with van der Waals surface area (Å²) in [5.74, 6) is -2.07. The molecule has 1 spiro atoms. The fraction of sp³-hybridized carbons (Fsp3) is 0.194. The van der Waals surface area contributed by atoms with E-state index in [4.69, 9.17) is 4.42 Å². The van der Waals surface area contributed by atoms with Crippen molar-refractivity contribution < 1.29 is 18.4 Å². The second kappa shape index (κ2) is 8.90. The Morgan fingerprint density at radius 3 is 2.51 bits per heavy atom. The molecule has 2 aliphatic heterocycles. The standard InChI is InChI=1S/C31H23FN4O4S/c1-16(2)27-33-34-30(41-27)36-28(38)26-24(25(37)20-14-19(32)12-13-23(20)40-26)31(36)21-10-6-7-11-22(21)35(29(31)39)15-18-9-5-4-8-17(18)3/h4-14,16H,15H2,1-3H3. The van der Waals surface area contributed by atoms with E-state index in [1.807, 2.05) is 45.0 Å². The number of hydrogen-bond acceptors (Lipinski definition) is 7. The van der Waals surface area contributed by atoms with Gasteiger partial charge in [-0.3, -0.25) is 19.3 Å². The molecule has 4 heterocycles. The Hall–Kier alpha value is -4.70. The van der Waals surface area contributed by atoms with Crippen LogP contribution in [-0.4, -0.2) is 22.0 Å². The number of aromatic nitrogens is 2. The first kappa shape index (κ1) is 25.3. The Morgan fingerprint density at radius 1 is 1.00 bits per heavy atom. The van der Waals surface area contributed by atoms with Crippen LogP contribution in [0.3, 0.4) is 0 Å². The van der Waals surface area contributed by atoms with Crippen LogP contribution < -0.4 is 15.2 Å². The molecule has 10 heteroatoms. The summed E-state index contributed by atoms with van der Waals surface area (Å²) in [7, 11) is 0. The van der Waals surface area contributed by atoms with Crippen LogP contribution in [0, 0.1) is 12.7 Å². The summed E-state index contributed by atoms with van der Waals surface area (Å²) in [6, 6.07) is 18.3. The average molecular weight is 567 g/mol. The van der Waals surface area contributed by atoms with Gasteiger partial charge in [0.15, 0.2) is 11.0 Å². The van der Waals surface area contributed by atoms with E-state index in [9.17, 15) is 18.8 Å². The van der Waals surface area contributed by atoms with Crippen molar-refractivity contribution in [2.75, 3.05) is 9.80 Å². The Kier molecular flexibility index (Phi) is 5.49. The highest BCUT2D eigenvalue weighted by molar-refractivity contribution is 7.15. The molecule has 2 amide bonds. The van der Waals surface area contributed by atoms with Gasteiger partial charge in [-0.15, -0.1) is 10.2 Å². The number of aryl methyl sites for hydroxylation is 1. The summed E-state index contributed by atoms with van der Waals surface area (Å²) < 4.78 is 20.4. The zero-order chi connectivity index (χ0) is 28.6. The normalized spacial score (nSPS) is 17.8. The lowest BCUT2D eigenvalue weighted by molar-refractivity contribution is -0.121. The molecule has 5 aromatic rings. The number of nitrogens with zero attached hydrogens (tertiary/aromatic N) is 4. The molecule has 0 saturated heterocycles. The van der Waals surface area contributed by atoms with Crippen LogP contribution in [0.2, 0.25) is 0 Å². The summed E-state index contributed by atoms with van der Waals surface area (Å²) in [5.41, 5.74) is 0.239. The van der Waals surface area contributed by atoms with E-state index < -0.39 is 28.6 Å². The molecule has 0 radical (unpaired) electrons. The van der Waals surface area contributed by atoms with Gasteiger partial charge in [0.1, 0.15) is 16.4 Å². The molecule has 1 unspecified atom stereocenters. The van der Waals surface area contributed by atoms with Gasteiger partial charge in [0, 0.05) is 11.5 Å². The molecule has 1 atom stereocenters. The lowest BCUT2D eigenvalue weighted by Gasteiger charge is -2.32. The topological polar surface area (TPSA) is 96.6 Å². The minimum atomic E-state index is -1.92. The van der Waals surface area contributed by atoms with E-state index in [-0.39, 0.29) is 39.9 Å². The van der Waals surface area contributed by atoms with Crippen LogP contribution in [-0.2, 0) is 16.9 Å². The summed E-state index contributed by atoms with van der Waals surface area (Å²) in [6.07, 6.45) is 0. The van der Waals surface area contributed by atoms with Crippen LogP contribution in [0.4, 0.5) is 15.2 Å². The van der Waals surface area contributed by atoms with Gasteiger partial charge in [-0.25, -0.2) is 4.39 Å². The third kappa shape index (κ3) is 3.40. The molecule has 8 nitrogen and oxygen atoms in total. The number of para-hydroxylation sites is 1. The number of fused-ring (bicyclic) bond motifs is 5. The molecular formula is C31H23FN4O4S. The highest BCUT2D eigenvalue weighted by atomic mass is 32.1. The smallest absolute Gasteiger partial charge is 0.297 e. The quantitative estimate of drug-likeness (QED) is 0.278. The summed E-state index contributed by atoms with van der Waals surface area (Å²) in [4.78, 5) is 46.3. The SMILES string of the molecule is Cc1ccccc1CN1C(=O)C2(c3ccccc31)c1c(oc3ccc(F)cc3c1=O)C(=O)N2c1nnc(C(C)C)s1. The second-order valence-corrected chi connectivity index (χ2v) is 11.5. The molecule has 2 aromatic heterocycles. The molecule has 0 saturated carbocycles. The van der Waals surface area contributed by atoms with E-state index in [0.29, 0.717) is 16.3 Å². The van der Waals surface area contributed by atoms with Gasteiger partial charge >= 0.3 is 0 Å². The zero-order valence-corrected chi connectivity index (χ0v) is 23.2. The van der Waals surface area contributed by atoms with Crippen molar-refractivity contribution in [2.24, 2.45) is 0 Å². The van der Waals surface area contributed by atoms with Crippen LogP contribution in [0.15, 0.2) is 75.9 Å². The minimum Gasteiger partial charge on any atom is -0.450 e. The largest absolute Gasteiger partial charge is 0.450 e. The van der Waals surface area contributed by atoms with E-state index in [1.165, 1.54) is 22.3 Å². The van der Waals surface area contributed by atoms with Crippen LogP contribution >= 0.6 is 11.3 Å². The Morgan fingerprint density at radius 2 is 1.76 bits per heavy atom. The highest BCUT2D eigenvalue weighted by Gasteiger charge is 2.66. The van der Waals surface area contributed by atoms with Crippen molar-refractivity contribution >= 4 is 44.9 Å². The van der Waals surface area contributed by atoms with E-state index >= 15 is 0 Å². The summed E-state index contributed by atoms with van der Waals surface area (Å²) in [5, 5.41) is 9.37. The van der Waals surface area contributed by atoms with Crippen LogP contribution in [0.5, 0.6) is 0 Å². The second-order valence-electron chi connectivity index (χ2n) is 10.5. The third-order valence-corrected chi connectivity index (χ3v) is 9.00. The van der Waals surface area contributed by atoms with E-state index in [1.54, 1.807) is 29.2 Å². The molecule has 2 aliphatic rings. The van der Waals surface area contributed by atoms with Crippen molar-refractivity contribution in [3.05, 3.63) is 116 Å². The summed E-state index contributed by atoms with van der Waals surface area (Å²) >= 11 is 1.18. The first-order valence-corrected chi connectivity index (χ1v) is 14.0. The molecule has 3 aromatic carbocycles. The van der Waals surface area contributed by atoms with Gasteiger partial charge in [-0.2, -0.15) is 0 Å². The first-order chi connectivity index (χ1) is 19.7. The molecule has 41 heavy (non-hydrogen) atoms. The van der Waals surface area contributed by atoms with Gasteiger partial charge in [0.25, 0.3) is 11.8 Å². The first-order valence-electron chi connectivity index (χ1n) is 13.1. The van der Waals surface area contributed by atoms with Crippen molar-refractivity contribution in [1.82, 2.24) is 10.2 Å². The number of amides is 2. The van der Waals surface area contributed by atoms with E-state index in [0.717, 1.165) is 23.3 Å². The van der Waals surface area contributed by atoms with Crippen molar-refractivity contribution in [3.8, 4) is 0 Å². The van der Waals surface area contributed by atoms with Crippen LogP contribution in [0.25, 0.3) is 11.0 Å². The molecule has 7 rings (SSSR count).